The van der Waals surface area contributed by atoms with E-state index in [1.165, 1.54) is 7.11 Å². The van der Waals surface area contributed by atoms with Gasteiger partial charge in [0, 0.05) is 5.56 Å². The lowest BCUT2D eigenvalue weighted by atomic mass is 9.77. The van der Waals surface area contributed by atoms with Crippen LogP contribution in [-0.4, -0.2) is 57.9 Å². The zero-order valence-electron chi connectivity index (χ0n) is 15.0. The molecule has 2 fully saturated rings. The van der Waals surface area contributed by atoms with E-state index in [0.717, 1.165) is 12.8 Å². The second-order valence-electron chi connectivity index (χ2n) is 7.28. The summed E-state index contributed by atoms with van der Waals surface area (Å²) in [6.07, 6.45) is -2.73. The Morgan fingerprint density at radius 3 is 2.38 bits per heavy atom. The highest BCUT2D eigenvalue weighted by Crippen LogP contribution is 2.45. The first kappa shape index (κ1) is 19.1. The van der Waals surface area contributed by atoms with Gasteiger partial charge >= 0.3 is 5.97 Å². The fraction of sp³-hybridized carbons (Fsp3) is 0.632. The first-order valence-corrected chi connectivity index (χ1v) is 8.93. The molecule has 0 radical (unpaired) electrons. The summed E-state index contributed by atoms with van der Waals surface area (Å²) >= 11 is 0. The molecule has 1 aliphatic heterocycles. The maximum Gasteiger partial charge on any atom is 0.314 e. The fourth-order valence-corrected chi connectivity index (χ4v) is 4.17. The lowest BCUT2D eigenvalue weighted by molar-refractivity contribution is -0.219. The first-order chi connectivity index (χ1) is 12.3. The number of carboxylic acids is 1. The number of aliphatic carboxylic acids is 1. The van der Waals surface area contributed by atoms with Gasteiger partial charge in [0.1, 0.15) is 30.2 Å². The molecule has 7 heteroatoms. The van der Waals surface area contributed by atoms with Crippen LogP contribution < -0.4 is 4.74 Å². The van der Waals surface area contributed by atoms with E-state index in [4.69, 9.17) is 9.47 Å². The molecule has 0 spiro atoms. The molecule has 3 rings (SSSR count). The third kappa shape index (κ3) is 2.99. The van der Waals surface area contributed by atoms with Crippen molar-refractivity contribution in [3.8, 4) is 5.75 Å². The number of aliphatic hydroxyl groups excluding tert-OH is 3. The van der Waals surface area contributed by atoms with Gasteiger partial charge < -0.3 is 29.9 Å². The minimum absolute atomic E-state index is 0.437. The highest BCUT2D eigenvalue weighted by atomic mass is 16.5. The average Bonchev–Trinajstić information content (AvgIpc) is 3.13. The molecular formula is C19H26O7. The number of carboxylic acid groups (broad SMARTS) is 1. The van der Waals surface area contributed by atoms with Gasteiger partial charge in [0.05, 0.1) is 18.6 Å². The lowest BCUT2D eigenvalue weighted by Crippen LogP contribution is -2.53. The fourth-order valence-electron chi connectivity index (χ4n) is 4.17. The number of hydrogen-bond donors (Lipinski definition) is 4. The Morgan fingerprint density at radius 2 is 1.81 bits per heavy atom. The summed E-state index contributed by atoms with van der Waals surface area (Å²) in [7, 11) is 1.48. The SMILES string of the molecule is COc1ccc(C2(C(=O)O)CCCC2)cc1[C@H]1O[C@@H](C)[C@@H](O)[C@@H](O)[C@@H]1O. The van der Waals surface area contributed by atoms with E-state index in [0.29, 0.717) is 29.7 Å². The number of hydrogen-bond acceptors (Lipinski definition) is 6. The minimum atomic E-state index is -1.36. The van der Waals surface area contributed by atoms with Crippen LogP contribution in [0.1, 0.15) is 49.8 Å². The number of carbonyl (C=O) groups is 1. The molecule has 4 N–H and O–H groups in total. The van der Waals surface area contributed by atoms with E-state index in [-0.39, 0.29) is 0 Å². The van der Waals surface area contributed by atoms with Crippen LogP contribution >= 0.6 is 0 Å². The van der Waals surface area contributed by atoms with Gasteiger partial charge in [-0.2, -0.15) is 0 Å². The molecule has 144 valence electrons. The summed E-state index contributed by atoms with van der Waals surface area (Å²) < 4.78 is 11.1. The average molecular weight is 366 g/mol. The Labute approximate surface area is 152 Å². The molecule has 0 unspecified atom stereocenters. The highest BCUT2D eigenvalue weighted by molar-refractivity contribution is 5.82. The molecule has 1 saturated heterocycles. The van der Waals surface area contributed by atoms with E-state index in [9.17, 15) is 25.2 Å². The molecule has 0 amide bonds. The maximum absolute atomic E-state index is 12.0. The molecule has 2 aliphatic rings. The molecular weight excluding hydrogens is 340 g/mol. The van der Waals surface area contributed by atoms with Gasteiger partial charge in [-0.1, -0.05) is 18.9 Å². The van der Waals surface area contributed by atoms with Crippen molar-refractivity contribution in [1.82, 2.24) is 0 Å². The zero-order chi connectivity index (χ0) is 19.1. The van der Waals surface area contributed by atoms with Gasteiger partial charge in [0.15, 0.2) is 0 Å². The Hall–Kier alpha value is -1.67. The molecule has 5 atom stereocenters. The van der Waals surface area contributed by atoms with Gasteiger partial charge in [-0.25, -0.2) is 0 Å². The number of ether oxygens (including phenoxy) is 2. The third-order valence-corrected chi connectivity index (χ3v) is 5.81. The van der Waals surface area contributed by atoms with Crippen molar-refractivity contribution in [2.45, 2.75) is 68.5 Å². The van der Waals surface area contributed by atoms with Crippen molar-refractivity contribution in [2.75, 3.05) is 7.11 Å². The van der Waals surface area contributed by atoms with Gasteiger partial charge in [0.2, 0.25) is 0 Å². The van der Waals surface area contributed by atoms with Crippen LogP contribution in [0.4, 0.5) is 0 Å². The highest BCUT2D eigenvalue weighted by Gasteiger charge is 2.46. The molecule has 0 aromatic heterocycles. The summed E-state index contributed by atoms with van der Waals surface area (Å²) in [6.45, 7) is 1.61. The summed E-state index contributed by atoms with van der Waals surface area (Å²) in [4.78, 5) is 12.0. The predicted molar refractivity (Wildman–Crippen MR) is 92.1 cm³/mol. The second kappa shape index (κ2) is 7.15. The normalized spacial score (nSPS) is 33.8. The van der Waals surface area contributed by atoms with Gasteiger partial charge in [-0.15, -0.1) is 0 Å². The topological polar surface area (TPSA) is 116 Å². The molecule has 1 saturated carbocycles. The van der Waals surface area contributed by atoms with Crippen molar-refractivity contribution in [3.63, 3.8) is 0 Å². The van der Waals surface area contributed by atoms with Crippen LogP contribution in [0.3, 0.4) is 0 Å². The van der Waals surface area contributed by atoms with E-state index in [1.54, 1.807) is 25.1 Å². The number of rotatable bonds is 4. The van der Waals surface area contributed by atoms with Gasteiger partial charge in [0.25, 0.3) is 0 Å². The molecule has 7 nitrogen and oxygen atoms in total. The second-order valence-corrected chi connectivity index (χ2v) is 7.28. The van der Waals surface area contributed by atoms with Crippen LogP contribution in [0.5, 0.6) is 5.75 Å². The van der Waals surface area contributed by atoms with Gasteiger partial charge in [-0.05, 0) is 37.5 Å². The molecule has 1 aromatic rings. The Morgan fingerprint density at radius 1 is 1.15 bits per heavy atom. The lowest BCUT2D eigenvalue weighted by Gasteiger charge is -2.40. The van der Waals surface area contributed by atoms with Crippen LogP contribution in [0.2, 0.25) is 0 Å². The Kier molecular flexibility index (Phi) is 5.25. The van der Waals surface area contributed by atoms with Crippen LogP contribution in [0.25, 0.3) is 0 Å². The van der Waals surface area contributed by atoms with E-state index >= 15 is 0 Å². The number of aliphatic hydroxyl groups is 3. The monoisotopic (exact) mass is 366 g/mol. The summed E-state index contributed by atoms with van der Waals surface area (Å²) in [5, 5.41) is 40.3. The first-order valence-electron chi connectivity index (χ1n) is 8.93. The molecule has 1 aromatic carbocycles. The number of methoxy groups -OCH3 is 1. The zero-order valence-corrected chi connectivity index (χ0v) is 15.0. The van der Waals surface area contributed by atoms with E-state index in [1.807, 2.05) is 0 Å². The van der Waals surface area contributed by atoms with Crippen molar-refractivity contribution in [2.24, 2.45) is 0 Å². The quantitative estimate of drug-likeness (QED) is 0.631. The van der Waals surface area contributed by atoms with Crippen molar-refractivity contribution in [3.05, 3.63) is 29.3 Å². The van der Waals surface area contributed by atoms with Crippen molar-refractivity contribution in [1.29, 1.82) is 0 Å². The predicted octanol–water partition coefficient (Wildman–Crippen LogP) is 1.13. The molecule has 26 heavy (non-hydrogen) atoms. The largest absolute Gasteiger partial charge is 0.496 e. The Balaban J connectivity index is 2.05. The van der Waals surface area contributed by atoms with Gasteiger partial charge in [-0.3, -0.25) is 4.79 Å². The van der Waals surface area contributed by atoms with Crippen LogP contribution in [0.15, 0.2) is 18.2 Å². The number of benzene rings is 1. The third-order valence-electron chi connectivity index (χ3n) is 5.81. The van der Waals surface area contributed by atoms with Crippen molar-refractivity contribution < 1.29 is 34.7 Å². The summed E-state index contributed by atoms with van der Waals surface area (Å²) in [6, 6.07) is 5.11. The molecule has 0 bridgehead atoms. The summed E-state index contributed by atoms with van der Waals surface area (Å²) in [5.74, 6) is -0.424. The van der Waals surface area contributed by atoms with Crippen LogP contribution in [-0.2, 0) is 14.9 Å². The smallest absolute Gasteiger partial charge is 0.314 e. The minimum Gasteiger partial charge on any atom is -0.496 e. The maximum atomic E-state index is 12.0. The Bertz CT molecular complexity index is 668. The standard InChI is InChI=1S/C19H26O7/c1-10-14(20)15(21)16(22)17(26-10)12-9-11(5-6-13(12)25-2)19(18(23)24)7-3-4-8-19/h5-6,9-10,14-17,20-22H,3-4,7-8H2,1-2H3,(H,23,24)/t10-,14+,15+,16-,17+/m0/s1. The van der Waals surface area contributed by atoms with E-state index in [2.05, 4.69) is 0 Å². The van der Waals surface area contributed by atoms with Crippen molar-refractivity contribution >= 4 is 5.97 Å². The van der Waals surface area contributed by atoms with E-state index < -0.39 is 41.9 Å². The molecule has 1 heterocycles. The summed E-state index contributed by atoms with van der Waals surface area (Å²) in [5.41, 5.74) is 0.162. The molecule has 1 aliphatic carbocycles. The van der Waals surface area contributed by atoms with Crippen LogP contribution in [0, 0.1) is 0 Å².